The Balaban J connectivity index is 4.14. The first-order valence-electron chi connectivity index (χ1n) is 9.40. The minimum absolute atomic E-state index is 0.844. The summed E-state index contributed by atoms with van der Waals surface area (Å²) in [6.45, 7) is 16.7. The van der Waals surface area contributed by atoms with Crippen LogP contribution in [0.5, 0.6) is 0 Å². The van der Waals surface area contributed by atoms with Crippen LogP contribution in [0.3, 0.4) is 0 Å². The maximum absolute atomic E-state index is 2.47. The Morgan fingerprint density at radius 2 is 1.35 bits per heavy atom. The van der Waals surface area contributed by atoms with E-state index in [0.29, 0.717) is 0 Å². The molecule has 0 saturated heterocycles. The Morgan fingerprint density at radius 3 is 1.85 bits per heavy atom. The highest BCUT2D eigenvalue weighted by Crippen LogP contribution is 2.29. The van der Waals surface area contributed by atoms with E-state index in [1.807, 2.05) is 0 Å². The van der Waals surface area contributed by atoms with Crippen LogP contribution in [0.2, 0.25) is 0 Å². The van der Waals surface area contributed by atoms with Gasteiger partial charge in [-0.1, -0.05) is 87.0 Å². The molecule has 0 fully saturated rings. The van der Waals surface area contributed by atoms with Crippen molar-refractivity contribution in [3.63, 3.8) is 0 Å². The minimum atomic E-state index is 0.844. The fraction of sp³-hybridized carbons (Fsp3) is 1.00. The molecule has 0 heteroatoms. The molecule has 0 rings (SSSR count). The van der Waals surface area contributed by atoms with Crippen LogP contribution in [-0.4, -0.2) is 0 Å². The van der Waals surface area contributed by atoms with E-state index in [4.69, 9.17) is 0 Å². The Bertz CT molecular complexity index is 206. The van der Waals surface area contributed by atoms with Gasteiger partial charge in [0.2, 0.25) is 0 Å². The third-order valence-electron chi connectivity index (χ3n) is 5.38. The van der Waals surface area contributed by atoms with E-state index < -0.39 is 0 Å². The third kappa shape index (κ3) is 9.83. The van der Waals surface area contributed by atoms with Gasteiger partial charge >= 0.3 is 0 Å². The molecule has 0 bridgehead atoms. The lowest BCUT2D eigenvalue weighted by Gasteiger charge is -2.25. The fourth-order valence-corrected chi connectivity index (χ4v) is 3.16. The summed E-state index contributed by atoms with van der Waals surface area (Å²) in [6.07, 6.45) is 11.4. The average Bonchev–Trinajstić information content (AvgIpc) is 2.41. The lowest BCUT2D eigenvalue weighted by Crippen LogP contribution is -2.13. The molecule has 0 N–H and O–H groups in total. The molecular weight excluding hydrogens is 240 g/mol. The zero-order valence-electron chi connectivity index (χ0n) is 15.5. The average molecular weight is 283 g/mol. The maximum atomic E-state index is 2.47. The van der Waals surface area contributed by atoms with Crippen LogP contribution in [0.4, 0.5) is 0 Å². The first-order valence-corrected chi connectivity index (χ1v) is 9.40. The summed E-state index contributed by atoms with van der Waals surface area (Å²) in [5.74, 6) is 4.54. The van der Waals surface area contributed by atoms with Gasteiger partial charge in [0.05, 0.1) is 0 Å². The zero-order chi connectivity index (χ0) is 15.5. The number of hydrogen-bond donors (Lipinski definition) is 0. The summed E-state index contributed by atoms with van der Waals surface area (Å²) in [7, 11) is 0. The first-order chi connectivity index (χ1) is 9.40. The van der Waals surface area contributed by atoms with Crippen molar-refractivity contribution >= 4 is 0 Å². The second-order valence-corrected chi connectivity index (χ2v) is 7.90. The molecule has 0 amide bonds. The van der Waals surface area contributed by atoms with Gasteiger partial charge in [-0.3, -0.25) is 0 Å². The van der Waals surface area contributed by atoms with Gasteiger partial charge in [-0.15, -0.1) is 0 Å². The highest BCUT2D eigenvalue weighted by molar-refractivity contribution is 4.69. The largest absolute Gasteiger partial charge is 0.0654 e. The monoisotopic (exact) mass is 282 g/mol. The summed E-state index contributed by atoms with van der Waals surface area (Å²) in [6, 6.07) is 0. The van der Waals surface area contributed by atoms with Crippen molar-refractivity contribution in [2.24, 2.45) is 29.6 Å². The Kier molecular flexibility index (Phi) is 11.6. The van der Waals surface area contributed by atoms with Crippen molar-refractivity contribution in [1.29, 1.82) is 0 Å². The van der Waals surface area contributed by atoms with E-state index in [1.165, 1.54) is 51.4 Å². The quantitative estimate of drug-likeness (QED) is 0.351. The van der Waals surface area contributed by atoms with E-state index in [1.54, 1.807) is 0 Å². The van der Waals surface area contributed by atoms with Gasteiger partial charge < -0.3 is 0 Å². The molecule has 0 radical (unpaired) electrons. The Morgan fingerprint density at radius 1 is 0.700 bits per heavy atom. The molecule has 122 valence electrons. The van der Waals surface area contributed by atoms with E-state index in [2.05, 4.69) is 48.5 Å². The maximum Gasteiger partial charge on any atom is -0.0412 e. The normalized spacial score (nSPS) is 18.0. The third-order valence-corrected chi connectivity index (χ3v) is 5.38. The van der Waals surface area contributed by atoms with Crippen molar-refractivity contribution < 1.29 is 0 Å². The van der Waals surface area contributed by atoms with Crippen LogP contribution >= 0.6 is 0 Å². The smallest absolute Gasteiger partial charge is 0.0412 e. The van der Waals surface area contributed by atoms with Crippen molar-refractivity contribution in [3.05, 3.63) is 0 Å². The predicted octanol–water partition coefficient (Wildman–Crippen LogP) is 7.33. The molecule has 0 saturated carbocycles. The van der Waals surface area contributed by atoms with Crippen molar-refractivity contribution in [1.82, 2.24) is 0 Å². The summed E-state index contributed by atoms with van der Waals surface area (Å²) >= 11 is 0. The second-order valence-electron chi connectivity index (χ2n) is 7.90. The highest BCUT2D eigenvalue weighted by Gasteiger charge is 2.17. The summed E-state index contributed by atoms with van der Waals surface area (Å²) in [4.78, 5) is 0. The Hall–Kier alpha value is 0. The van der Waals surface area contributed by atoms with Crippen molar-refractivity contribution in [2.75, 3.05) is 0 Å². The van der Waals surface area contributed by atoms with Crippen LogP contribution in [0.25, 0.3) is 0 Å². The van der Waals surface area contributed by atoms with Crippen molar-refractivity contribution in [3.8, 4) is 0 Å². The standard InChI is InChI=1S/C20H42/c1-8-10-11-20(15-19(7)16(3)4)13-12-18(6)14-17(5)9-2/h16-20H,8-15H2,1-7H3. The molecule has 20 heavy (non-hydrogen) atoms. The molecule has 0 aromatic heterocycles. The van der Waals surface area contributed by atoms with Crippen LogP contribution in [0.15, 0.2) is 0 Å². The number of unbranched alkanes of at least 4 members (excludes halogenated alkanes) is 1. The fourth-order valence-electron chi connectivity index (χ4n) is 3.16. The van der Waals surface area contributed by atoms with E-state index in [0.717, 1.165) is 29.6 Å². The van der Waals surface area contributed by atoms with Gasteiger partial charge in [-0.2, -0.15) is 0 Å². The van der Waals surface area contributed by atoms with E-state index in [9.17, 15) is 0 Å². The van der Waals surface area contributed by atoms with Crippen LogP contribution < -0.4 is 0 Å². The number of hydrogen-bond acceptors (Lipinski definition) is 0. The SMILES string of the molecule is CCCCC(CCC(C)CC(C)CC)CC(C)C(C)C. The van der Waals surface area contributed by atoms with E-state index >= 15 is 0 Å². The molecule has 0 aromatic rings. The van der Waals surface area contributed by atoms with Gasteiger partial charge in [0, 0.05) is 0 Å². The zero-order valence-corrected chi connectivity index (χ0v) is 15.5. The predicted molar refractivity (Wildman–Crippen MR) is 94.1 cm³/mol. The van der Waals surface area contributed by atoms with Crippen molar-refractivity contribution in [2.45, 2.75) is 99.8 Å². The van der Waals surface area contributed by atoms with Gasteiger partial charge in [-0.25, -0.2) is 0 Å². The molecule has 4 atom stereocenters. The van der Waals surface area contributed by atoms with Gasteiger partial charge in [0.15, 0.2) is 0 Å². The molecule has 0 aliphatic rings. The van der Waals surface area contributed by atoms with Crippen LogP contribution in [0, 0.1) is 29.6 Å². The summed E-state index contributed by atoms with van der Waals surface area (Å²) in [5.41, 5.74) is 0. The second kappa shape index (κ2) is 11.6. The van der Waals surface area contributed by atoms with E-state index in [-0.39, 0.29) is 0 Å². The number of rotatable bonds is 12. The summed E-state index contributed by atoms with van der Waals surface area (Å²) in [5, 5.41) is 0. The van der Waals surface area contributed by atoms with Crippen LogP contribution in [0.1, 0.15) is 99.8 Å². The lowest BCUT2D eigenvalue weighted by molar-refractivity contribution is 0.267. The minimum Gasteiger partial charge on any atom is -0.0654 e. The molecule has 0 nitrogen and oxygen atoms in total. The molecule has 0 heterocycles. The van der Waals surface area contributed by atoms with Gasteiger partial charge in [0.25, 0.3) is 0 Å². The van der Waals surface area contributed by atoms with Crippen LogP contribution in [-0.2, 0) is 0 Å². The lowest BCUT2D eigenvalue weighted by atomic mass is 9.81. The highest BCUT2D eigenvalue weighted by atomic mass is 14.2. The molecule has 0 aromatic carbocycles. The van der Waals surface area contributed by atoms with Gasteiger partial charge in [-0.05, 0) is 42.4 Å². The molecule has 4 unspecified atom stereocenters. The van der Waals surface area contributed by atoms with Gasteiger partial charge in [0.1, 0.15) is 0 Å². The summed E-state index contributed by atoms with van der Waals surface area (Å²) < 4.78 is 0. The Labute approximate surface area is 130 Å². The first kappa shape index (κ1) is 20.0. The topological polar surface area (TPSA) is 0 Å². The molecular formula is C20H42. The molecule has 0 aliphatic carbocycles. The molecule has 0 spiro atoms. The molecule has 0 aliphatic heterocycles.